The first-order chi connectivity index (χ1) is 12.0. The fourth-order valence-electron chi connectivity index (χ4n) is 3.21. The molecule has 2 aromatic carbocycles. The summed E-state index contributed by atoms with van der Waals surface area (Å²) < 4.78 is 4.60. The van der Waals surface area contributed by atoms with Gasteiger partial charge >= 0.3 is 5.97 Å². The van der Waals surface area contributed by atoms with Gasteiger partial charge in [-0.1, -0.05) is 12.1 Å². The third kappa shape index (κ3) is 2.84. The Morgan fingerprint density at radius 1 is 1.08 bits per heavy atom. The van der Waals surface area contributed by atoms with E-state index >= 15 is 0 Å². The normalized spacial score (nSPS) is 13.3. The smallest absolute Gasteiger partial charge is 0.305 e. The summed E-state index contributed by atoms with van der Waals surface area (Å²) in [5.41, 5.74) is 2.00. The maximum atomic E-state index is 12.8. The Hall–Kier alpha value is -2.89. The molecule has 3 rings (SSSR count). The molecule has 1 aliphatic rings. The van der Waals surface area contributed by atoms with Crippen molar-refractivity contribution >= 4 is 34.2 Å². The number of rotatable bonds is 5. The Bertz CT molecular complexity index is 851. The molecule has 0 spiro atoms. The topological polar surface area (TPSA) is 66.9 Å². The maximum absolute atomic E-state index is 12.8. The summed E-state index contributed by atoms with van der Waals surface area (Å²) in [6.45, 7) is 0.192. The number of hydrogen-bond donors (Lipinski definition) is 0. The van der Waals surface area contributed by atoms with Gasteiger partial charge in [-0.2, -0.15) is 0 Å². The lowest BCUT2D eigenvalue weighted by atomic mass is 9.92. The van der Waals surface area contributed by atoms with Gasteiger partial charge in [0.05, 0.1) is 7.11 Å². The third-order valence-corrected chi connectivity index (χ3v) is 4.44. The maximum Gasteiger partial charge on any atom is 0.305 e. The summed E-state index contributed by atoms with van der Waals surface area (Å²) in [6.07, 6.45) is 0.551. The van der Waals surface area contributed by atoms with Crippen LogP contribution in [-0.2, 0) is 9.53 Å². The summed E-state index contributed by atoms with van der Waals surface area (Å²) in [7, 11) is 5.17. The highest BCUT2D eigenvalue weighted by atomic mass is 16.5. The summed E-state index contributed by atoms with van der Waals surface area (Å²) in [5, 5.41) is 1.59. The summed E-state index contributed by atoms with van der Waals surface area (Å²) in [4.78, 5) is 40.1. The average Bonchev–Trinajstić information content (AvgIpc) is 2.61. The van der Waals surface area contributed by atoms with Crippen LogP contribution in [0.3, 0.4) is 0 Å². The molecular weight excluding hydrogens is 320 g/mol. The second-order valence-corrected chi connectivity index (χ2v) is 6.20. The first-order valence-electron chi connectivity index (χ1n) is 8.11. The van der Waals surface area contributed by atoms with E-state index < -0.39 is 0 Å². The molecule has 1 aliphatic heterocycles. The number of ether oxygens (including phenoxy) is 1. The van der Waals surface area contributed by atoms with E-state index in [1.807, 2.05) is 37.2 Å². The molecule has 0 bridgehead atoms. The van der Waals surface area contributed by atoms with Gasteiger partial charge in [-0.05, 0) is 24.6 Å². The number of anilines is 1. The molecule has 6 nitrogen and oxygen atoms in total. The average molecular weight is 340 g/mol. The van der Waals surface area contributed by atoms with Gasteiger partial charge in [0.1, 0.15) is 0 Å². The Kier molecular flexibility index (Phi) is 4.44. The highest BCUT2D eigenvalue weighted by Crippen LogP contribution is 2.35. The quantitative estimate of drug-likeness (QED) is 0.618. The number of esters is 1. The van der Waals surface area contributed by atoms with Crippen molar-refractivity contribution in [3.8, 4) is 0 Å². The molecular formula is C19H20N2O4. The SMILES string of the molecule is COC(=O)CCCN1C(=O)c2cccc3c(N(C)C)ccc(c23)C1=O. The van der Waals surface area contributed by atoms with Gasteiger partial charge in [-0.15, -0.1) is 0 Å². The Morgan fingerprint density at radius 3 is 2.40 bits per heavy atom. The van der Waals surface area contributed by atoms with Gasteiger partial charge in [-0.3, -0.25) is 19.3 Å². The van der Waals surface area contributed by atoms with Gasteiger partial charge < -0.3 is 9.64 Å². The number of nitrogens with zero attached hydrogens (tertiary/aromatic N) is 2. The van der Waals surface area contributed by atoms with Crippen LogP contribution in [0.25, 0.3) is 10.8 Å². The fourth-order valence-corrected chi connectivity index (χ4v) is 3.21. The molecule has 0 saturated heterocycles. The van der Waals surface area contributed by atoms with Crippen molar-refractivity contribution in [2.45, 2.75) is 12.8 Å². The van der Waals surface area contributed by atoms with Gasteiger partial charge in [0.25, 0.3) is 11.8 Å². The molecule has 1 heterocycles. The van der Waals surface area contributed by atoms with Gasteiger partial charge in [0.2, 0.25) is 0 Å². The minimum Gasteiger partial charge on any atom is -0.469 e. The molecule has 0 N–H and O–H groups in total. The van der Waals surface area contributed by atoms with Crippen molar-refractivity contribution in [1.82, 2.24) is 4.90 Å². The van der Waals surface area contributed by atoms with Crippen LogP contribution in [0, 0.1) is 0 Å². The fraction of sp³-hybridized carbons (Fsp3) is 0.316. The highest BCUT2D eigenvalue weighted by Gasteiger charge is 2.33. The van der Waals surface area contributed by atoms with Crippen LogP contribution in [0.15, 0.2) is 30.3 Å². The lowest BCUT2D eigenvalue weighted by molar-refractivity contribution is -0.140. The summed E-state index contributed by atoms with van der Waals surface area (Å²) >= 11 is 0. The highest BCUT2D eigenvalue weighted by molar-refractivity contribution is 6.26. The molecule has 0 saturated carbocycles. The number of imide groups is 1. The predicted molar refractivity (Wildman–Crippen MR) is 94.9 cm³/mol. The van der Waals surface area contributed by atoms with Crippen molar-refractivity contribution in [3.63, 3.8) is 0 Å². The molecule has 0 aliphatic carbocycles. The van der Waals surface area contributed by atoms with Crippen LogP contribution >= 0.6 is 0 Å². The van der Waals surface area contributed by atoms with Crippen molar-refractivity contribution in [1.29, 1.82) is 0 Å². The monoisotopic (exact) mass is 340 g/mol. The predicted octanol–water partition coefficient (Wildman–Crippen LogP) is 2.46. The van der Waals surface area contributed by atoms with E-state index in [1.165, 1.54) is 12.0 Å². The third-order valence-electron chi connectivity index (χ3n) is 4.44. The zero-order chi connectivity index (χ0) is 18.1. The van der Waals surface area contributed by atoms with Crippen LogP contribution < -0.4 is 4.90 Å². The number of hydrogen-bond acceptors (Lipinski definition) is 5. The van der Waals surface area contributed by atoms with Crippen LogP contribution in [0.5, 0.6) is 0 Å². The molecule has 6 heteroatoms. The van der Waals surface area contributed by atoms with Crippen LogP contribution in [0.4, 0.5) is 5.69 Å². The standard InChI is InChI=1S/C19H20N2O4/c1-20(2)15-10-9-14-17-12(15)6-4-7-13(17)18(23)21(19(14)24)11-5-8-16(22)25-3/h4,6-7,9-10H,5,8,11H2,1-3H3. The zero-order valence-corrected chi connectivity index (χ0v) is 14.5. The van der Waals surface area contributed by atoms with E-state index in [-0.39, 0.29) is 30.7 Å². The number of carbonyl (C=O) groups excluding carboxylic acids is 3. The molecule has 0 fully saturated rings. The molecule has 0 radical (unpaired) electrons. The molecule has 2 amide bonds. The van der Waals surface area contributed by atoms with Gasteiger partial charge in [-0.25, -0.2) is 0 Å². The first-order valence-corrected chi connectivity index (χ1v) is 8.11. The lowest BCUT2D eigenvalue weighted by Gasteiger charge is -2.28. The number of methoxy groups -OCH3 is 1. The number of benzene rings is 2. The molecule has 0 unspecified atom stereocenters. The van der Waals surface area contributed by atoms with Crippen molar-refractivity contribution < 1.29 is 19.1 Å². The Balaban J connectivity index is 2.00. The van der Waals surface area contributed by atoms with E-state index in [9.17, 15) is 14.4 Å². The molecule has 130 valence electrons. The van der Waals surface area contributed by atoms with Crippen molar-refractivity contribution in [3.05, 3.63) is 41.5 Å². The van der Waals surface area contributed by atoms with Crippen LogP contribution in [0.2, 0.25) is 0 Å². The molecule has 25 heavy (non-hydrogen) atoms. The Morgan fingerprint density at radius 2 is 1.76 bits per heavy atom. The van der Waals surface area contributed by atoms with Crippen molar-refractivity contribution in [2.24, 2.45) is 0 Å². The second-order valence-electron chi connectivity index (χ2n) is 6.20. The summed E-state index contributed by atoms with van der Waals surface area (Å²) in [6, 6.07) is 9.15. The second kappa shape index (κ2) is 6.55. The number of carbonyl (C=O) groups is 3. The summed E-state index contributed by atoms with van der Waals surface area (Å²) in [5.74, 6) is -0.984. The van der Waals surface area contributed by atoms with Crippen molar-refractivity contribution in [2.75, 3.05) is 32.6 Å². The lowest BCUT2D eigenvalue weighted by Crippen LogP contribution is -2.41. The van der Waals surface area contributed by atoms with E-state index in [0.717, 1.165) is 11.1 Å². The van der Waals surface area contributed by atoms with Crippen LogP contribution in [0.1, 0.15) is 33.6 Å². The minimum atomic E-state index is -0.352. The molecule has 0 atom stereocenters. The van der Waals surface area contributed by atoms with E-state index in [0.29, 0.717) is 22.9 Å². The van der Waals surface area contributed by atoms with Gasteiger partial charge in [0, 0.05) is 54.6 Å². The minimum absolute atomic E-state index is 0.171. The Labute approximate surface area is 146 Å². The van der Waals surface area contributed by atoms with E-state index in [2.05, 4.69) is 4.74 Å². The first kappa shape index (κ1) is 17.0. The van der Waals surface area contributed by atoms with Crippen LogP contribution in [-0.4, -0.2) is 50.4 Å². The van der Waals surface area contributed by atoms with E-state index in [4.69, 9.17) is 0 Å². The van der Waals surface area contributed by atoms with E-state index in [1.54, 1.807) is 12.1 Å². The number of amides is 2. The molecule has 2 aromatic rings. The van der Waals surface area contributed by atoms with Gasteiger partial charge in [0.15, 0.2) is 0 Å². The molecule has 0 aromatic heterocycles. The zero-order valence-electron chi connectivity index (χ0n) is 14.5. The largest absolute Gasteiger partial charge is 0.469 e.